The third-order valence-electron chi connectivity index (χ3n) is 5.53. The summed E-state index contributed by atoms with van der Waals surface area (Å²) in [6.45, 7) is 3.41. The fourth-order valence-corrected chi connectivity index (χ4v) is 4.06. The summed E-state index contributed by atoms with van der Waals surface area (Å²) in [5.74, 6) is -1.96. The minimum Gasteiger partial charge on any atom is -0.465 e. The van der Waals surface area contributed by atoms with Crippen LogP contribution < -0.4 is 0 Å². The maximum absolute atomic E-state index is 13.8. The van der Waals surface area contributed by atoms with Crippen LogP contribution in [-0.4, -0.2) is 54.2 Å². The van der Waals surface area contributed by atoms with Gasteiger partial charge in [-0.25, -0.2) is 8.78 Å². The number of ether oxygens (including phenoxy) is 2. The van der Waals surface area contributed by atoms with Crippen LogP contribution in [0.3, 0.4) is 0 Å². The lowest BCUT2D eigenvalue weighted by atomic mass is 9.89. The van der Waals surface area contributed by atoms with Crippen molar-refractivity contribution in [3.8, 4) is 0 Å². The maximum Gasteiger partial charge on any atom is 0.323 e. The molecular weight excluding hydrogens is 418 g/mol. The number of esters is 1. The van der Waals surface area contributed by atoms with Gasteiger partial charge in [-0.15, -0.1) is 0 Å². The molecule has 1 saturated heterocycles. The Morgan fingerprint density at radius 3 is 2.44 bits per heavy atom. The number of rotatable bonds is 9. The van der Waals surface area contributed by atoms with Gasteiger partial charge in [0, 0.05) is 37.9 Å². The molecule has 0 radical (unpaired) electrons. The second kappa shape index (κ2) is 11.7. The van der Waals surface area contributed by atoms with Crippen LogP contribution >= 0.6 is 0 Å². The van der Waals surface area contributed by atoms with Gasteiger partial charge >= 0.3 is 5.97 Å². The number of halogens is 2. The molecule has 1 heterocycles. The Hall–Kier alpha value is -2.84. The first-order chi connectivity index (χ1) is 15.5. The predicted molar refractivity (Wildman–Crippen MR) is 115 cm³/mol. The number of carbonyl (C=O) groups is 1. The van der Waals surface area contributed by atoms with Crippen LogP contribution in [0.1, 0.15) is 30.9 Å². The average molecular weight is 446 g/mol. The van der Waals surface area contributed by atoms with Crippen molar-refractivity contribution in [2.75, 3.05) is 26.4 Å². The number of oxime groups is 1. The summed E-state index contributed by atoms with van der Waals surface area (Å²) in [5, 5.41) is 13.0. The average Bonchev–Trinajstić information content (AvgIpc) is 2.78. The monoisotopic (exact) mass is 446 g/mol. The van der Waals surface area contributed by atoms with Crippen molar-refractivity contribution in [1.29, 1.82) is 0 Å². The lowest BCUT2D eigenvalue weighted by molar-refractivity contribution is -0.153. The third kappa shape index (κ3) is 6.34. The second-order valence-electron chi connectivity index (χ2n) is 7.74. The van der Waals surface area contributed by atoms with Crippen LogP contribution in [-0.2, 0) is 20.8 Å². The lowest BCUT2D eigenvalue weighted by Gasteiger charge is -2.37. The summed E-state index contributed by atoms with van der Waals surface area (Å²) in [4.78, 5) is 14.9. The van der Waals surface area contributed by atoms with E-state index in [1.807, 2.05) is 35.2 Å². The highest BCUT2D eigenvalue weighted by atomic mass is 19.1. The molecule has 0 bridgehead atoms. The molecule has 0 aromatic heterocycles. The highest BCUT2D eigenvalue weighted by Gasteiger charge is 2.36. The summed E-state index contributed by atoms with van der Waals surface area (Å²) in [6.07, 6.45) is 1.35. The molecule has 0 aliphatic carbocycles. The van der Waals surface area contributed by atoms with E-state index in [1.54, 1.807) is 6.92 Å². The van der Waals surface area contributed by atoms with Crippen LogP contribution in [0.2, 0.25) is 0 Å². The van der Waals surface area contributed by atoms with Gasteiger partial charge in [-0.2, -0.15) is 0 Å². The van der Waals surface area contributed by atoms with Gasteiger partial charge in [0.05, 0.1) is 6.61 Å². The van der Waals surface area contributed by atoms with Gasteiger partial charge in [-0.05, 0) is 43.4 Å². The van der Waals surface area contributed by atoms with Crippen molar-refractivity contribution < 1.29 is 28.3 Å². The Labute approximate surface area is 186 Å². The first-order valence-corrected chi connectivity index (χ1v) is 10.7. The molecule has 3 rings (SSSR count). The van der Waals surface area contributed by atoms with Crippen molar-refractivity contribution in [2.24, 2.45) is 11.1 Å². The highest BCUT2D eigenvalue weighted by Crippen LogP contribution is 2.26. The smallest absolute Gasteiger partial charge is 0.323 e. The van der Waals surface area contributed by atoms with Gasteiger partial charge in [0.1, 0.15) is 23.4 Å². The van der Waals surface area contributed by atoms with Crippen molar-refractivity contribution in [3.63, 3.8) is 0 Å². The SMILES string of the molecule is CCOC(=O)[C@@H](C1CCOCC1)N(C/C(=N\O)c1cc(F)cc(F)c1)Cc1ccccc1. The fraction of sp³-hybridized carbons (Fsp3) is 0.417. The summed E-state index contributed by atoms with van der Waals surface area (Å²) >= 11 is 0. The molecule has 8 heteroatoms. The molecule has 1 atom stereocenters. The van der Waals surface area contributed by atoms with E-state index in [4.69, 9.17) is 9.47 Å². The zero-order valence-corrected chi connectivity index (χ0v) is 18.0. The van der Waals surface area contributed by atoms with E-state index < -0.39 is 17.7 Å². The summed E-state index contributed by atoms with van der Waals surface area (Å²) in [6, 6.07) is 11.9. The summed E-state index contributed by atoms with van der Waals surface area (Å²) < 4.78 is 38.5. The van der Waals surface area contributed by atoms with Crippen LogP contribution in [0, 0.1) is 17.6 Å². The Bertz CT molecular complexity index is 897. The molecule has 0 saturated carbocycles. The van der Waals surface area contributed by atoms with E-state index in [-0.39, 0.29) is 36.3 Å². The van der Waals surface area contributed by atoms with E-state index in [9.17, 15) is 18.8 Å². The third-order valence-corrected chi connectivity index (χ3v) is 5.53. The van der Waals surface area contributed by atoms with E-state index in [0.29, 0.717) is 32.6 Å². The molecule has 2 aromatic rings. The van der Waals surface area contributed by atoms with Gasteiger partial charge in [0.15, 0.2) is 0 Å². The largest absolute Gasteiger partial charge is 0.465 e. The zero-order valence-electron chi connectivity index (χ0n) is 18.0. The number of hydrogen-bond acceptors (Lipinski definition) is 6. The number of carbonyl (C=O) groups excluding carboxylic acids is 1. The lowest BCUT2D eigenvalue weighted by Crippen LogP contribution is -2.50. The highest BCUT2D eigenvalue weighted by molar-refractivity contribution is 6.02. The molecule has 2 aromatic carbocycles. The molecule has 1 fully saturated rings. The molecule has 6 nitrogen and oxygen atoms in total. The van der Waals surface area contributed by atoms with Crippen molar-refractivity contribution in [1.82, 2.24) is 4.90 Å². The standard InChI is InChI=1S/C24H28F2N2O4/c1-2-32-24(29)23(18-8-10-31-11-9-18)28(15-17-6-4-3-5-7-17)16-22(27-30)19-12-20(25)14-21(26)13-19/h3-7,12-14,18,23,30H,2,8-11,15-16H2,1H3/b27-22+/t23-/m1/s1. The van der Waals surface area contributed by atoms with Crippen molar-refractivity contribution >= 4 is 11.7 Å². The molecule has 1 aliphatic rings. The van der Waals surface area contributed by atoms with Crippen LogP contribution in [0.25, 0.3) is 0 Å². The topological polar surface area (TPSA) is 71.4 Å². The van der Waals surface area contributed by atoms with E-state index in [0.717, 1.165) is 23.8 Å². The molecular formula is C24H28F2N2O4. The van der Waals surface area contributed by atoms with Gasteiger partial charge in [-0.1, -0.05) is 35.5 Å². The normalized spacial score (nSPS) is 16.2. The molecule has 0 spiro atoms. The molecule has 0 amide bonds. The van der Waals surface area contributed by atoms with Gasteiger partial charge < -0.3 is 14.7 Å². The molecule has 172 valence electrons. The van der Waals surface area contributed by atoms with Gasteiger partial charge in [-0.3, -0.25) is 9.69 Å². The molecule has 1 N–H and O–H groups in total. The van der Waals surface area contributed by atoms with Crippen molar-refractivity contribution in [3.05, 3.63) is 71.3 Å². The molecule has 1 aliphatic heterocycles. The first-order valence-electron chi connectivity index (χ1n) is 10.7. The van der Waals surface area contributed by atoms with E-state index in [2.05, 4.69) is 5.16 Å². The van der Waals surface area contributed by atoms with E-state index >= 15 is 0 Å². The Morgan fingerprint density at radius 2 is 1.84 bits per heavy atom. The molecule has 0 unspecified atom stereocenters. The minimum atomic E-state index is -0.776. The zero-order chi connectivity index (χ0) is 22.9. The van der Waals surface area contributed by atoms with Crippen molar-refractivity contribution in [2.45, 2.75) is 32.4 Å². The Morgan fingerprint density at radius 1 is 1.19 bits per heavy atom. The Kier molecular flexibility index (Phi) is 8.70. The second-order valence-corrected chi connectivity index (χ2v) is 7.74. The van der Waals surface area contributed by atoms with Gasteiger partial charge in [0.25, 0.3) is 0 Å². The van der Waals surface area contributed by atoms with Gasteiger partial charge in [0.2, 0.25) is 0 Å². The predicted octanol–water partition coefficient (Wildman–Crippen LogP) is 4.00. The molecule has 32 heavy (non-hydrogen) atoms. The quantitative estimate of drug-likeness (QED) is 0.273. The number of benzene rings is 2. The van der Waals surface area contributed by atoms with E-state index in [1.165, 1.54) is 0 Å². The maximum atomic E-state index is 13.8. The van der Waals surface area contributed by atoms with Crippen LogP contribution in [0.4, 0.5) is 8.78 Å². The van der Waals surface area contributed by atoms with Crippen LogP contribution in [0.15, 0.2) is 53.7 Å². The number of nitrogens with zero attached hydrogens (tertiary/aromatic N) is 2. The first kappa shape index (κ1) is 23.8. The minimum absolute atomic E-state index is 0.00484. The summed E-state index contributed by atoms with van der Waals surface area (Å²) in [5.41, 5.74) is 1.11. The number of hydrogen-bond donors (Lipinski definition) is 1. The van der Waals surface area contributed by atoms with Crippen LogP contribution in [0.5, 0.6) is 0 Å². The summed E-state index contributed by atoms with van der Waals surface area (Å²) in [7, 11) is 0. The fourth-order valence-electron chi connectivity index (χ4n) is 4.06. The Balaban J connectivity index is 1.97.